The summed E-state index contributed by atoms with van der Waals surface area (Å²) in [6.07, 6.45) is 5.34. The number of rotatable bonds is 3. The van der Waals surface area contributed by atoms with E-state index < -0.39 is 0 Å². The smallest absolute Gasteiger partial charge is 0.168 e. The van der Waals surface area contributed by atoms with E-state index in [4.69, 9.17) is 11.6 Å². The van der Waals surface area contributed by atoms with E-state index in [1.165, 1.54) is 0 Å². The second kappa shape index (κ2) is 4.82. The molecule has 3 heterocycles. The van der Waals surface area contributed by atoms with Crippen LogP contribution in [-0.4, -0.2) is 29.3 Å². The summed E-state index contributed by atoms with van der Waals surface area (Å²) in [5.41, 5.74) is 0.746. The number of hydrogen-bond donors (Lipinski definition) is 0. The predicted molar refractivity (Wildman–Crippen MR) is 74.1 cm³/mol. The van der Waals surface area contributed by atoms with Gasteiger partial charge in [0.25, 0.3) is 0 Å². The highest BCUT2D eigenvalue weighted by Crippen LogP contribution is 2.23. The lowest BCUT2D eigenvalue weighted by Gasteiger charge is -2.03. The van der Waals surface area contributed by atoms with Gasteiger partial charge in [-0.1, -0.05) is 23.4 Å². The van der Waals surface area contributed by atoms with Crippen LogP contribution in [0.2, 0.25) is 5.15 Å². The molecule has 0 saturated carbocycles. The third kappa shape index (κ3) is 2.31. The molecule has 0 unspecified atom stereocenters. The molecule has 0 amide bonds. The van der Waals surface area contributed by atoms with Crippen LogP contribution >= 0.6 is 23.4 Å². The molecule has 3 rings (SSSR count). The maximum atomic E-state index is 6.13. The van der Waals surface area contributed by atoms with Gasteiger partial charge in [-0.05, 0) is 0 Å². The minimum absolute atomic E-state index is 0.438. The van der Waals surface area contributed by atoms with Crippen molar-refractivity contribution in [3.63, 3.8) is 0 Å². The summed E-state index contributed by atoms with van der Waals surface area (Å²) in [4.78, 5) is 13.0. The van der Waals surface area contributed by atoms with Crippen LogP contribution in [0.25, 0.3) is 11.0 Å². The molecule has 8 heteroatoms. The molecule has 0 aromatic carbocycles. The van der Waals surface area contributed by atoms with Gasteiger partial charge in [0.05, 0.1) is 17.3 Å². The summed E-state index contributed by atoms with van der Waals surface area (Å²) in [5, 5.41) is 6.26. The molecule has 0 atom stereocenters. The third-order valence-electron chi connectivity index (χ3n) is 2.70. The number of hydrogen-bond acceptors (Lipinski definition) is 5. The van der Waals surface area contributed by atoms with Crippen molar-refractivity contribution < 1.29 is 0 Å². The Morgan fingerprint density at radius 2 is 2.16 bits per heavy atom. The van der Waals surface area contributed by atoms with E-state index in [9.17, 15) is 0 Å². The first-order valence-electron chi connectivity index (χ1n) is 5.59. The predicted octanol–water partition coefficient (Wildman–Crippen LogP) is 2.04. The van der Waals surface area contributed by atoms with Crippen LogP contribution in [0.15, 0.2) is 23.7 Å². The number of aromatic nitrogens is 6. The fourth-order valence-electron chi connectivity index (χ4n) is 1.71. The first kappa shape index (κ1) is 12.4. The number of imidazole rings is 1. The zero-order valence-electron chi connectivity index (χ0n) is 10.4. The summed E-state index contributed by atoms with van der Waals surface area (Å²) >= 11 is 7.70. The van der Waals surface area contributed by atoms with Gasteiger partial charge in [-0.25, -0.2) is 15.0 Å². The molecule has 0 bridgehead atoms. The SMILES string of the molecule is Cn1ccnc1SCc1nc(Cl)c2cnn(C)c2n1. The van der Waals surface area contributed by atoms with Crippen molar-refractivity contribution in [2.75, 3.05) is 0 Å². The monoisotopic (exact) mass is 294 g/mol. The minimum Gasteiger partial charge on any atom is -0.329 e. The van der Waals surface area contributed by atoms with Crippen LogP contribution in [0.3, 0.4) is 0 Å². The molecule has 0 saturated heterocycles. The Labute approximate surface area is 118 Å². The van der Waals surface area contributed by atoms with Crippen LogP contribution in [0.4, 0.5) is 0 Å². The second-order valence-corrected chi connectivity index (χ2v) is 5.35. The van der Waals surface area contributed by atoms with Crippen LogP contribution in [0.1, 0.15) is 5.82 Å². The summed E-state index contributed by atoms with van der Waals surface area (Å²) in [6.45, 7) is 0. The lowest BCUT2D eigenvalue weighted by atomic mass is 10.4. The Morgan fingerprint density at radius 1 is 1.32 bits per heavy atom. The van der Waals surface area contributed by atoms with Crippen molar-refractivity contribution in [2.45, 2.75) is 10.9 Å². The molecular formula is C11H11ClN6S. The first-order chi connectivity index (χ1) is 9.15. The molecule has 0 aliphatic rings. The number of halogens is 1. The van der Waals surface area contributed by atoms with E-state index in [0.29, 0.717) is 16.7 Å². The van der Waals surface area contributed by atoms with E-state index in [-0.39, 0.29) is 0 Å². The molecule has 0 radical (unpaired) electrons. The third-order valence-corrected chi connectivity index (χ3v) is 4.04. The average molecular weight is 295 g/mol. The summed E-state index contributed by atoms with van der Waals surface area (Å²) in [7, 11) is 3.79. The van der Waals surface area contributed by atoms with Crippen molar-refractivity contribution in [3.05, 3.63) is 29.6 Å². The lowest BCUT2D eigenvalue weighted by Crippen LogP contribution is -1.99. The Bertz CT molecular complexity index is 734. The highest BCUT2D eigenvalue weighted by Gasteiger charge is 2.10. The maximum Gasteiger partial charge on any atom is 0.168 e. The number of fused-ring (bicyclic) bond motifs is 1. The molecule has 0 spiro atoms. The molecule has 0 aliphatic carbocycles. The van der Waals surface area contributed by atoms with E-state index >= 15 is 0 Å². The number of thioether (sulfide) groups is 1. The summed E-state index contributed by atoms with van der Waals surface area (Å²) < 4.78 is 3.65. The number of nitrogens with zero attached hydrogens (tertiary/aromatic N) is 6. The molecule has 6 nitrogen and oxygen atoms in total. The van der Waals surface area contributed by atoms with Gasteiger partial charge in [0.2, 0.25) is 0 Å². The molecule has 0 N–H and O–H groups in total. The zero-order valence-corrected chi connectivity index (χ0v) is 12.0. The molecule has 3 aromatic rings. The maximum absolute atomic E-state index is 6.13. The molecule has 98 valence electrons. The standard InChI is InChI=1S/C11H11ClN6S/c1-17-4-3-13-11(17)19-6-8-15-9(12)7-5-14-18(2)10(7)16-8/h3-5H,6H2,1-2H3. The van der Waals surface area contributed by atoms with Crippen LogP contribution in [-0.2, 0) is 19.8 Å². The van der Waals surface area contributed by atoms with Gasteiger partial charge in [0.1, 0.15) is 11.0 Å². The summed E-state index contributed by atoms with van der Waals surface area (Å²) in [6, 6.07) is 0. The fourth-order valence-corrected chi connectivity index (χ4v) is 2.73. The van der Waals surface area contributed by atoms with Gasteiger partial charge < -0.3 is 4.57 Å². The topological polar surface area (TPSA) is 61.4 Å². The van der Waals surface area contributed by atoms with Crippen LogP contribution in [0.5, 0.6) is 0 Å². The molecular weight excluding hydrogens is 284 g/mol. The zero-order chi connectivity index (χ0) is 13.4. The van der Waals surface area contributed by atoms with Gasteiger partial charge in [0, 0.05) is 26.5 Å². The van der Waals surface area contributed by atoms with E-state index in [1.807, 2.05) is 24.9 Å². The van der Waals surface area contributed by atoms with Crippen LogP contribution < -0.4 is 0 Å². The average Bonchev–Trinajstić information content (AvgIpc) is 2.95. The van der Waals surface area contributed by atoms with Crippen molar-refractivity contribution >= 4 is 34.4 Å². The largest absolute Gasteiger partial charge is 0.329 e. The lowest BCUT2D eigenvalue weighted by molar-refractivity contribution is 0.780. The van der Waals surface area contributed by atoms with Crippen LogP contribution in [0, 0.1) is 0 Å². The van der Waals surface area contributed by atoms with Crippen molar-refractivity contribution in [3.8, 4) is 0 Å². The van der Waals surface area contributed by atoms with Gasteiger partial charge in [-0.2, -0.15) is 5.10 Å². The van der Waals surface area contributed by atoms with Gasteiger partial charge in [-0.15, -0.1) is 0 Å². The second-order valence-electron chi connectivity index (χ2n) is 4.05. The van der Waals surface area contributed by atoms with Gasteiger partial charge >= 0.3 is 0 Å². The fraction of sp³-hybridized carbons (Fsp3) is 0.273. The summed E-state index contributed by atoms with van der Waals surface area (Å²) in [5.74, 6) is 1.29. The van der Waals surface area contributed by atoms with E-state index in [0.717, 1.165) is 16.2 Å². The van der Waals surface area contributed by atoms with Gasteiger partial charge in [-0.3, -0.25) is 4.68 Å². The quantitative estimate of drug-likeness (QED) is 0.546. The number of aryl methyl sites for hydroxylation is 2. The van der Waals surface area contributed by atoms with Crippen molar-refractivity contribution in [2.24, 2.45) is 14.1 Å². The highest BCUT2D eigenvalue weighted by molar-refractivity contribution is 7.98. The van der Waals surface area contributed by atoms with Crippen molar-refractivity contribution in [1.29, 1.82) is 0 Å². The highest BCUT2D eigenvalue weighted by atomic mass is 35.5. The normalized spacial score (nSPS) is 11.3. The van der Waals surface area contributed by atoms with E-state index in [2.05, 4.69) is 20.1 Å². The molecule has 0 fully saturated rings. The Kier molecular flexibility index (Phi) is 3.16. The van der Waals surface area contributed by atoms with E-state index in [1.54, 1.807) is 28.8 Å². The first-order valence-corrected chi connectivity index (χ1v) is 6.96. The van der Waals surface area contributed by atoms with Gasteiger partial charge in [0.15, 0.2) is 10.8 Å². The Hall–Kier alpha value is -1.60. The molecule has 3 aromatic heterocycles. The Balaban J connectivity index is 1.89. The Morgan fingerprint density at radius 3 is 2.89 bits per heavy atom. The minimum atomic E-state index is 0.438. The molecule has 0 aliphatic heterocycles. The molecule has 19 heavy (non-hydrogen) atoms. The van der Waals surface area contributed by atoms with Crippen molar-refractivity contribution in [1.82, 2.24) is 29.3 Å².